The number of benzene rings is 1. The van der Waals surface area contributed by atoms with E-state index < -0.39 is 0 Å². The molecule has 1 heteroatoms. The molecule has 2 saturated carbocycles. The first kappa shape index (κ1) is 12.0. The summed E-state index contributed by atoms with van der Waals surface area (Å²) in [6.45, 7) is 2.35. The number of fused-ring (bicyclic) bond motifs is 5. The van der Waals surface area contributed by atoms with Crippen LogP contribution in [0.1, 0.15) is 56.1 Å². The van der Waals surface area contributed by atoms with Gasteiger partial charge in [0, 0.05) is 0 Å². The van der Waals surface area contributed by atoms with Crippen molar-refractivity contribution < 1.29 is 5.11 Å². The zero-order valence-electron chi connectivity index (χ0n) is 11.8. The molecule has 3 aliphatic carbocycles. The van der Waals surface area contributed by atoms with Crippen LogP contribution in [0.3, 0.4) is 0 Å². The lowest BCUT2D eigenvalue weighted by Gasteiger charge is -2.50. The van der Waals surface area contributed by atoms with Crippen molar-refractivity contribution in [1.82, 2.24) is 0 Å². The maximum Gasteiger partial charge on any atom is 0.0596 e. The van der Waals surface area contributed by atoms with Gasteiger partial charge in [-0.25, -0.2) is 0 Å². The summed E-state index contributed by atoms with van der Waals surface area (Å²) in [6.07, 6.45) is 7.33. The van der Waals surface area contributed by atoms with Gasteiger partial charge in [0.25, 0.3) is 0 Å². The van der Waals surface area contributed by atoms with Crippen LogP contribution in [0.15, 0.2) is 24.3 Å². The first-order chi connectivity index (χ1) is 9.20. The molecule has 1 aromatic carbocycles. The number of aryl methyl sites for hydroxylation is 1. The zero-order chi connectivity index (χ0) is 13.0. The smallest absolute Gasteiger partial charge is 0.0596 e. The number of rotatable bonds is 0. The second-order valence-electron chi connectivity index (χ2n) is 7.25. The summed E-state index contributed by atoms with van der Waals surface area (Å²) >= 11 is 0. The Morgan fingerprint density at radius 1 is 1.11 bits per heavy atom. The van der Waals surface area contributed by atoms with Crippen LogP contribution in [0.5, 0.6) is 0 Å². The van der Waals surface area contributed by atoms with E-state index in [2.05, 4.69) is 31.2 Å². The highest BCUT2D eigenvalue weighted by molar-refractivity contribution is 5.34. The first-order valence-electron chi connectivity index (χ1n) is 7.96. The predicted octanol–water partition coefficient (Wildman–Crippen LogP) is 3.90. The Bertz CT molecular complexity index is 494. The standard InChI is InChI=1S/C18H24O/c1-18-11-10-14-13-5-3-2-4-12(13)6-7-15(14)16(18)8-9-17(18)19/h2-5,14-17,19H,6-11H2,1H3/t14-,15?,16+,17+,18+/m1/s1. The van der Waals surface area contributed by atoms with Crippen molar-refractivity contribution >= 4 is 0 Å². The monoisotopic (exact) mass is 256 g/mol. The van der Waals surface area contributed by atoms with Gasteiger partial charge in [0.2, 0.25) is 0 Å². The normalized spacial score (nSPS) is 44.3. The molecule has 5 atom stereocenters. The summed E-state index contributed by atoms with van der Waals surface area (Å²) < 4.78 is 0. The quantitative estimate of drug-likeness (QED) is 0.746. The van der Waals surface area contributed by atoms with Crippen molar-refractivity contribution in [2.75, 3.05) is 0 Å². The van der Waals surface area contributed by atoms with E-state index in [4.69, 9.17) is 0 Å². The van der Waals surface area contributed by atoms with Crippen molar-refractivity contribution in [3.8, 4) is 0 Å². The number of hydrogen-bond acceptors (Lipinski definition) is 1. The molecule has 0 amide bonds. The van der Waals surface area contributed by atoms with Crippen molar-refractivity contribution in [2.24, 2.45) is 17.3 Å². The van der Waals surface area contributed by atoms with E-state index >= 15 is 0 Å². The minimum absolute atomic E-state index is 0.0457. The molecule has 4 rings (SSSR count). The largest absolute Gasteiger partial charge is 0.393 e. The van der Waals surface area contributed by atoms with Gasteiger partial charge in [-0.3, -0.25) is 0 Å². The Morgan fingerprint density at radius 2 is 1.95 bits per heavy atom. The molecule has 102 valence electrons. The van der Waals surface area contributed by atoms with Gasteiger partial charge >= 0.3 is 0 Å². The molecule has 0 heterocycles. The summed E-state index contributed by atoms with van der Waals surface area (Å²) in [5, 5.41) is 10.4. The van der Waals surface area contributed by atoms with Gasteiger partial charge in [-0.2, -0.15) is 0 Å². The molecule has 19 heavy (non-hydrogen) atoms. The lowest BCUT2D eigenvalue weighted by Crippen LogP contribution is -2.43. The van der Waals surface area contributed by atoms with Crippen LogP contribution in [-0.2, 0) is 6.42 Å². The van der Waals surface area contributed by atoms with Crippen LogP contribution in [-0.4, -0.2) is 11.2 Å². The molecule has 0 bridgehead atoms. The van der Waals surface area contributed by atoms with Gasteiger partial charge in [0.15, 0.2) is 0 Å². The van der Waals surface area contributed by atoms with Gasteiger partial charge in [-0.15, -0.1) is 0 Å². The maximum absolute atomic E-state index is 10.4. The van der Waals surface area contributed by atoms with E-state index in [1.54, 1.807) is 11.1 Å². The molecule has 1 N–H and O–H groups in total. The third-order valence-electron chi connectivity index (χ3n) is 6.59. The van der Waals surface area contributed by atoms with Gasteiger partial charge in [0.05, 0.1) is 6.10 Å². The Kier molecular flexibility index (Phi) is 2.57. The predicted molar refractivity (Wildman–Crippen MR) is 77.1 cm³/mol. The summed E-state index contributed by atoms with van der Waals surface area (Å²) in [4.78, 5) is 0. The number of hydrogen-bond donors (Lipinski definition) is 1. The summed E-state index contributed by atoms with van der Waals surface area (Å²) in [6, 6.07) is 9.08. The Balaban J connectivity index is 1.72. The van der Waals surface area contributed by atoms with Crippen LogP contribution >= 0.6 is 0 Å². The van der Waals surface area contributed by atoms with Gasteiger partial charge in [-0.1, -0.05) is 31.2 Å². The number of aliphatic hydroxyl groups excluding tert-OH is 1. The SMILES string of the molecule is C[C@]12CC[C@@H]3c4ccccc4CCC3[C@@H]1CC[C@@H]2O. The highest BCUT2D eigenvalue weighted by Crippen LogP contribution is 2.60. The van der Waals surface area contributed by atoms with Crippen LogP contribution in [0.2, 0.25) is 0 Å². The van der Waals surface area contributed by atoms with Gasteiger partial charge < -0.3 is 5.11 Å². The molecule has 0 aliphatic heterocycles. The fourth-order valence-electron chi connectivity index (χ4n) is 5.49. The molecule has 0 saturated heterocycles. The van der Waals surface area contributed by atoms with Gasteiger partial charge in [0.1, 0.15) is 0 Å². The van der Waals surface area contributed by atoms with Gasteiger partial charge in [-0.05, 0) is 72.8 Å². The molecule has 2 fully saturated rings. The van der Waals surface area contributed by atoms with E-state index in [1.165, 1.54) is 32.1 Å². The first-order valence-corrected chi connectivity index (χ1v) is 7.96. The van der Waals surface area contributed by atoms with Crippen LogP contribution in [0, 0.1) is 17.3 Å². The molecular weight excluding hydrogens is 232 g/mol. The molecule has 0 aromatic heterocycles. The van der Waals surface area contributed by atoms with E-state index in [0.717, 1.165) is 24.2 Å². The molecule has 1 nitrogen and oxygen atoms in total. The zero-order valence-corrected chi connectivity index (χ0v) is 11.8. The lowest BCUT2D eigenvalue weighted by molar-refractivity contribution is -0.0226. The van der Waals surface area contributed by atoms with Crippen molar-refractivity contribution in [2.45, 2.75) is 57.5 Å². The Hall–Kier alpha value is -0.820. The maximum atomic E-state index is 10.4. The second kappa shape index (κ2) is 4.09. The van der Waals surface area contributed by atoms with Crippen molar-refractivity contribution in [3.63, 3.8) is 0 Å². The van der Waals surface area contributed by atoms with Crippen molar-refractivity contribution in [1.29, 1.82) is 0 Å². The summed E-state index contributed by atoms with van der Waals surface area (Å²) in [5.74, 6) is 2.36. The highest BCUT2D eigenvalue weighted by Gasteiger charge is 2.54. The average Bonchev–Trinajstić information content (AvgIpc) is 2.75. The molecular formula is C18H24O. The molecule has 3 aliphatic rings. The molecule has 0 radical (unpaired) electrons. The molecule has 1 aromatic rings. The van der Waals surface area contributed by atoms with E-state index in [-0.39, 0.29) is 11.5 Å². The second-order valence-corrected chi connectivity index (χ2v) is 7.25. The fraction of sp³-hybridized carbons (Fsp3) is 0.667. The highest BCUT2D eigenvalue weighted by atomic mass is 16.3. The minimum atomic E-state index is -0.0457. The van der Waals surface area contributed by atoms with E-state index in [9.17, 15) is 5.11 Å². The van der Waals surface area contributed by atoms with E-state index in [0.29, 0.717) is 0 Å². The van der Waals surface area contributed by atoms with Crippen molar-refractivity contribution in [3.05, 3.63) is 35.4 Å². The Labute approximate surface area is 116 Å². The summed E-state index contributed by atoms with van der Waals surface area (Å²) in [5.41, 5.74) is 3.43. The lowest BCUT2D eigenvalue weighted by atomic mass is 9.55. The van der Waals surface area contributed by atoms with E-state index in [1.807, 2.05) is 0 Å². The van der Waals surface area contributed by atoms with Crippen LogP contribution in [0.4, 0.5) is 0 Å². The molecule has 1 unspecified atom stereocenters. The summed E-state index contributed by atoms with van der Waals surface area (Å²) in [7, 11) is 0. The number of aliphatic hydroxyl groups is 1. The molecule has 0 spiro atoms. The third kappa shape index (κ3) is 1.57. The van der Waals surface area contributed by atoms with Crippen LogP contribution in [0.25, 0.3) is 0 Å². The third-order valence-corrected chi connectivity index (χ3v) is 6.59. The average molecular weight is 256 g/mol. The topological polar surface area (TPSA) is 20.2 Å². The van der Waals surface area contributed by atoms with Crippen LogP contribution < -0.4 is 0 Å². The Morgan fingerprint density at radius 3 is 2.84 bits per heavy atom. The minimum Gasteiger partial charge on any atom is -0.393 e. The fourth-order valence-corrected chi connectivity index (χ4v) is 5.49.